The number of carbonyl (C=O) groups excluding carboxylic acids is 1. The average Bonchev–Trinajstić information content (AvgIpc) is 3.11. The highest BCUT2D eigenvalue weighted by atomic mass is 32.1. The second-order valence-electron chi connectivity index (χ2n) is 5.96. The molecule has 0 aliphatic carbocycles. The Kier molecular flexibility index (Phi) is 4.06. The number of nitrogens with zero attached hydrogens (tertiary/aromatic N) is 3. The number of thiophene rings is 1. The van der Waals surface area contributed by atoms with E-state index in [0.29, 0.717) is 0 Å². The van der Waals surface area contributed by atoms with Crippen LogP contribution in [0.5, 0.6) is 0 Å². The van der Waals surface area contributed by atoms with E-state index in [9.17, 15) is 4.79 Å². The second-order valence-corrected chi connectivity index (χ2v) is 7.42. The summed E-state index contributed by atoms with van der Waals surface area (Å²) in [6.07, 6.45) is 4.46. The zero-order chi connectivity index (χ0) is 15.9. The van der Waals surface area contributed by atoms with Gasteiger partial charge < -0.3 is 4.90 Å². The van der Waals surface area contributed by atoms with Crippen molar-refractivity contribution in [3.05, 3.63) is 33.8 Å². The molecule has 6 heteroatoms. The van der Waals surface area contributed by atoms with E-state index < -0.39 is 0 Å². The van der Waals surface area contributed by atoms with Crippen molar-refractivity contribution in [2.24, 2.45) is 7.05 Å². The van der Waals surface area contributed by atoms with Gasteiger partial charge in [0.15, 0.2) is 0 Å². The molecule has 2 atom stereocenters. The van der Waals surface area contributed by atoms with Gasteiger partial charge in [0.1, 0.15) is 0 Å². The predicted molar refractivity (Wildman–Crippen MR) is 89.3 cm³/mol. The maximum atomic E-state index is 12.6. The topological polar surface area (TPSA) is 50.2 Å². The van der Waals surface area contributed by atoms with Crippen LogP contribution in [-0.4, -0.2) is 28.3 Å². The molecule has 0 radical (unpaired) electrons. The fourth-order valence-corrected chi connectivity index (χ4v) is 4.13. The molecule has 3 rings (SSSR count). The molecule has 1 aliphatic heterocycles. The molecule has 2 aromatic rings. The summed E-state index contributed by atoms with van der Waals surface area (Å²) in [6, 6.07) is 2.29. The van der Waals surface area contributed by atoms with Crippen LogP contribution in [0.2, 0.25) is 0 Å². The summed E-state index contributed by atoms with van der Waals surface area (Å²) in [5.74, 6) is 0.143. The van der Waals surface area contributed by atoms with Crippen LogP contribution in [0.4, 0.5) is 5.69 Å². The Hall–Kier alpha value is -1.66. The molecular weight excluding hydrogens is 296 g/mol. The molecule has 1 N–H and O–H groups in total. The zero-order valence-electron chi connectivity index (χ0n) is 13.5. The van der Waals surface area contributed by atoms with Gasteiger partial charge in [-0.2, -0.15) is 5.10 Å². The van der Waals surface area contributed by atoms with Crippen molar-refractivity contribution in [2.75, 3.05) is 11.4 Å². The molecule has 0 bridgehead atoms. The minimum Gasteiger partial charge on any atom is -0.308 e. The molecule has 22 heavy (non-hydrogen) atoms. The fraction of sp³-hybridized carbons (Fsp3) is 0.500. The van der Waals surface area contributed by atoms with Crippen LogP contribution in [0.1, 0.15) is 34.7 Å². The van der Waals surface area contributed by atoms with E-state index in [-0.39, 0.29) is 18.0 Å². The number of aryl methyl sites for hydroxylation is 3. The average molecular weight is 318 g/mol. The lowest BCUT2D eigenvalue weighted by atomic mass is 10.1. The van der Waals surface area contributed by atoms with Gasteiger partial charge in [-0.05, 0) is 38.8 Å². The molecular formula is C16H22N4OS. The zero-order valence-corrected chi connectivity index (χ0v) is 14.3. The van der Waals surface area contributed by atoms with Gasteiger partial charge in [-0.25, -0.2) is 0 Å². The summed E-state index contributed by atoms with van der Waals surface area (Å²) in [5.41, 5.74) is 2.18. The van der Waals surface area contributed by atoms with Crippen LogP contribution < -0.4 is 10.2 Å². The summed E-state index contributed by atoms with van der Waals surface area (Å²) in [4.78, 5) is 17.1. The van der Waals surface area contributed by atoms with E-state index in [4.69, 9.17) is 0 Å². The Balaban J connectivity index is 1.69. The smallest absolute Gasteiger partial charge is 0.244 e. The number of rotatable bonds is 4. The molecule has 0 spiro atoms. The maximum Gasteiger partial charge on any atom is 0.244 e. The van der Waals surface area contributed by atoms with Crippen LogP contribution in [0, 0.1) is 13.8 Å². The molecule has 5 nitrogen and oxygen atoms in total. The third-order valence-corrected chi connectivity index (χ3v) is 5.19. The lowest BCUT2D eigenvalue weighted by Gasteiger charge is -2.19. The summed E-state index contributed by atoms with van der Waals surface area (Å²) in [5, 5.41) is 7.64. The van der Waals surface area contributed by atoms with Crippen molar-refractivity contribution in [2.45, 2.75) is 39.3 Å². The Labute approximate surface area is 134 Å². The van der Waals surface area contributed by atoms with Crippen LogP contribution in [-0.2, 0) is 11.8 Å². The van der Waals surface area contributed by atoms with Gasteiger partial charge in [0.2, 0.25) is 5.91 Å². The Bertz CT molecular complexity index is 690. The highest BCUT2D eigenvalue weighted by molar-refractivity contribution is 7.12. The third-order valence-electron chi connectivity index (χ3n) is 4.21. The van der Waals surface area contributed by atoms with E-state index >= 15 is 0 Å². The molecule has 2 aromatic heterocycles. The van der Waals surface area contributed by atoms with Crippen molar-refractivity contribution >= 4 is 22.9 Å². The van der Waals surface area contributed by atoms with E-state index in [0.717, 1.165) is 18.7 Å². The van der Waals surface area contributed by atoms with E-state index in [2.05, 4.69) is 37.3 Å². The first-order valence-corrected chi connectivity index (χ1v) is 8.40. The van der Waals surface area contributed by atoms with Crippen LogP contribution in [0.25, 0.3) is 0 Å². The first kappa shape index (κ1) is 15.2. The number of carbonyl (C=O) groups is 1. The van der Waals surface area contributed by atoms with Crippen LogP contribution in [0.15, 0.2) is 18.5 Å². The monoisotopic (exact) mass is 318 g/mol. The Morgan fingerprint density at radius 3 is 2.82 bits per heavy atom. The Morgan fingerprint density at radius 2 is 2.23 bits per heavy atom. The first-order valence-electron chi connectivity index (χ1n) is 7.58. The van der Waals surface area contributed by atoms with Crippen molar-refractivity contribution in [1.29, 1.82) is 0 Å². The van der Waals surface area contributed by atoms with Gasteiger partial charge in [0, 0.05) is 35.6 Å². The number of aromatic nitrogens is 2. The molecule has 1 fully saturated rings. The highest BCUT2D eigenvalue weighted by Gasteiger charge is 2.34. The summed E-state index contributed by atoms with van der Waals surface area (Å²) in [6.45, 7) is 7.15. The lowest BCUT2D eigenvalue weighted by Crippen LogP contribution is -2.39. The minimum atomic E-state index is -0.116. The number of nitrogens with one attached hydrogen (secondary N) is 1. The number of amides is 1. The quantitative estimate of drug-likeness (QED) is 0.942. The standard InChI is InChI=1S/C16H22N4OS/c1-10-7-14(12(3)22-10)11(2)18-15-5-6-20(16(15)21)13-8-17-19(4)9-13/h7-9,11,15,18H,5-6H2,1-4H3. The third kappa shape index (κ3) is 2.80. The van der Waals surface area contributed by atoms with Gasteiger partial charge in [0.25, 0.3) is 0 Å². The second kappa shape index (κ2) is 5.85. The molecule has 118 valence electrons. The summed E-state index contributed by atoms with van der Waals surface area (Å²) >= 11 is 1.81. The Morgan fingerprint density at radius 1 is 1.45 bits per heavy atom. The summed E-state index contributed by atoms with van der Waals surface area (Å²) in [7, 11) is 1.86. The fourth-order valence-electron chi connectivity index (χ4n) is 3.11. The lowest BCUT2D eigenvalue weighted by molar-refractivity contribution is -0.119. The van der Waals surface area contributed by atoms with Gasteiger partial charge in [-0.3, -0.25) is 14.8 Å². The van der Waals surface area contributed by atoms with Crippen LogP contribution in [0.3, 0.4) is 0 Å². The van der Waals surface area contributed by atoms with Gasteiger partial charge in [0.05, 0.1) is 17.9 Å². The molecule has 3 heterocycles. The summed E-state index contributed by atoms with van der Waals surface area (Å²) < 4.78 is 1.73. The van der Waals surface area contributed by atoms with Gasteiger partial charge in [-0.15, -0.1) is 11.3 Å². The maximum absolute atomic E-state index is 12.6. The van der Waals surface area contributed by atoms with Gasteiger partial charge in [-0.1, -0.05) is 0 Å². The highest BCUT2D eigenvalue weighted by Crippen LogP contribution is 2.28. The van der Waals surface area contributed by atoms with E-state index in [1.54, 1.807) is 10.9 Å². The number of hydrogen-bond acceptors (Lipinski definition) is 4. The molecule has 0 aromatic carbocycles. The molecule has 1 amide bonds. The van der Waals surface area contributed by atoms with E-state index in [1.807, 2.05) is 29.5 Å². The number of hydrogen-bond donors (Lipinski definition) is 1. The van der Waals surface area contributed by atoms with Crippen molar-refractivity contribution in [1.82, 2.24) is 15.1 Å². The van der Waals surface area contributed by atoms with Crippen molar-refractivity contribution in [3.63, 3.8) is 0 Å². The first-order chi connectivity index (χ1) is 10.5. The van der Waals surface area contributed by atoms with Crippen LogP contribution >= 0.6 is 11.3 Å². The molecule has 1 saturated heterocycles. The number of anilines is 1. The normalized spacial score (nSPS) is 19.9. The molecule has 0 saturated carbocycles. The minimum absolute atomic E-state index is 0.116. The van der Waals surface area contributed by atoms with Crippen molar-refractivity contribution in [3.8, 4) is 0 Å². The SMILES string of the molecule is Cc1cc(C(C)NC2CCN(c3cnn(C)c3)C2=O)c(C)s1. The van der Waals surface area contributed by atoms with Gasteiger partial charge >= 0.3 is 0 Å². The van der Waals surface area contributed by atoms with Crippen molar-refractivity contribution < 1.29 is 4.79 Å². The largest absolute Gasteiger partial charge is 0.308 e. The molecule has 2 unspecified atom stereocenters. The predicted octanol–water partition coefficient (Wildman–Crippen LogP) is 2.55. The molecule has 1 aliphatic rings. The van der Waals surface area contributed by atoms with E-state index in [1.165, 1.54) is 15.3 Å².